The third kappa shape index (κ3) is 2.58. The fourth-order valence-corrected chi connectivity index (χ4v) is 1.27. The number of nitrogens with two attached hydrogens (primary N) is 1. The monoisotopic (exact) mass is 219 g/mol. The van der Waals surface area contributed by atoms with Crippen LogP contribution < -0.4 is 10.5 Å². The van der Waals surface area contributed by atoms with Crippen LogP contribution >= 0.6 is 0 Å². The van der Waals surface area contributed by atoms with Crippen LogP contribution in [0.2, 0.25) is 0 Å². The molecule has 2 aromatic rings. The molecule has 0 amide bonds. The summed E-state index contributed by atoms with van der Waals surface area (Å²) in [5.41, 5.74) is 6.82. The standard InChI is InChI=1S/C11H13N3O2/c1-8(12)9-2-4-10(5-3-9)15-6-11-13-7-16-14-11/h2-5,7-8H,6,12H2,1H3. The molecule has 0 radical (unpaired) electrons. The second kappa shape index (κ2) is 4.76. The van der Waals surface area contributed by atoms with E-state index in [-0.39, 0.29) is 6.04 Å². The second-order valence-electron chi connectivity index (χ2n) is 3.49. The Morgan fingerprint density at radius 3 is 2.69 bits per heavy atom. The molecule has 5 heteroatoms. The summed E-state index contributed by atoms with van der Waals surface area (Å²) in [6.45, 7) is 2.24. The van der Waals surface area contributed by atoms with Gasteiger partial charge in [0.25, 0.3) is 0 Å². The smallest absolute Gasteiger partial charge is 0.213 e. The van der Waals surface area contributed by atoms with Gasteiger partial charge in [-0.15, -0.1) is 0 Å². The van der Waals surface area contributed by atoms with Gasteiger partial charge in [0.05, 0.1) is 0 Å². The van der Waals surface area contributed by atoms with Crippen LogP contribution in [0.1, 0.15) is 24.4 Å². The van der Waals surface area contributed by atoms with Crippen molar-refractivity contribution in [1.82, 2.24) is 10.1 Å². The van der Waals surface area contributed by atoms with Gasteiger partial charge < -0.3 is 15.0 Å². The van der Waals surface area contributed by atoms with E-state index < -0.39 is 0 Å². The summed E-state index contributed by atoms with van der Waals surface area (Å²) < 4.78 is 10.1. The first-order valence-electron chi connectivity index (χ1n) is 4.99. The van der Waals surface area contributed by atoms with E-state index in [0.717, 1.165) is 11.3 Å². The van der Waals surface area contributed by atoms with Crippen molar-refractivity contribution in [1.29, 1.82) is 0 Å². The van der Waals surface area contributed by atoms with Crippen molar-refractivity contribution >= 4 is 0 Å². The topological polar surface area (TPSA) is 74.2 Å². The lowest BCUT2D eigenvalue weighted by atomic mass is 10.1. The maximum Gasteiger partial charge on any atom is 0.213 e. The van der Waals surface area contributed by atoms with Crippen LogP contribution in [0.3, 0.4) is 0 Å². The summed E-state index contributed by atoms with van der Waals surface area (Å²) in [5.74, 6) is 1.28. The first kappa shape index (κ1) is 10.6. The minimum atomic E-state index is 0.0336. The first-order valence-corrected chi connectivity index (χ1v) is 4.99. The molecule has 2 rings (SSSR count). The molecule has 1 unspecified atom stereocenters. The van der Waals surface area contributed by atoms with Gasteiger partial charge in [-0.3, -0.25) is 0 Å². The fourth-order valence-electron chi connectivity index (χ4n) is 1.27. The number of nitrogens with zero attached hydrogens (tertiary/aromatic N) is 2. The number of aromatic nitrogens is 2. The molecule has 0 spiro atoms. The van der Waals surface area contributed by atoms with E-state index in [4.69, 9.17) is 10.5 Å². The van der Waals surface area contributed by atoms with E-state index in [1.807, 2.05) is 31.2 Å². The molecule has 1 aromatic carbocycles. The number of rotatable bonds is 4. The van der Waals surface area contributed by atoms with Gasteiger partial charge in [-0.25, -0.2) is 0 Å². The summed E-state index contributed by atoms with van der Waals surface area (Å²) in [6, 6.07) is 7.66. The minimum absolute atomic E-state index is 0.0336. The number of benzene rings is 1. The maximum absolute atomic E-state index is 5.74. The molecule has 0 aliphatic carbocycles. The van der Waals surface area contributed by atoms with Crippen molar-refractivity contribution in [2.75, 3.05) is 0 Å². The van der Waals surface area contributed by atoms with Crippen LogP contribution in [-0.2, 0) is 6.61 Å². The molecular weight excluding hydrogens is 206 g/mol. The Kier molecular flexibility index (Phi) is 3.16. The summed E-state index contributed by atoms with van der Waals surface area (Å²) >= 11 is 0. The van der Waals surface area contributed by atoms with Crippen LogP contribution in [0.4, 0.5) is 0 Å². The largest absolute Gasteiger partial charge is 0.485 e. The molecule has 0 saturated carbocycles. The van der Waals surface area contributed by atoms with E-state index in [1.54, 1.807) is 0 Å². The molecule has 1 atom stereocenters. The normalized spacial score (nSPS) is 12.4. The highest BCUT2D eigenvalue weighted by atomic mass is 16.5. The van der Waals surface area contributed by atoms with Crippen LogP contribution in [0, 0.1) is 0 Å². The molecule has 0 fully saturated rings. The Labute approximate surface area is 93.2 Å². The van der Waals surface area contributed by atoms with Crippen molar-refractivity contribution in [3.8, 4) is 5.75 Å². The van der Waals surface area contributed by atoms with Gasteiger partial charge in [0.15, 0.2) is 6.61 Å². The molecule has 5 nitrogen and oxygen atoms in total. The highest BCUT2D eigenvalue weighted by Crippen LogP contribution is 2.16. The summed E-state index contributed by atoms with van der Waals surface area (Å²) in [5, 5.41) is 3.65. The van der Waals surface area contributed by atoms with E-state index in [9.17, 15) is 0 Å². The first-order chi connectivity index (χ1) is 7.75. The maximum atomic E-state index is 5.74. The summed E-state index contributed by atoms with van der Waals surface area (Å²) in [4.78, 5) is 3.85. The van der Waals surface area contributed by atoms with Gasteiger partial charge >= 0.3 is 0 Å². The number of ether oxygens (including phenoxy) is 1. The van der Waals surface area contributed by atoms with Gasteiger partial charge in [0.1, 0.15) is 5.75 Å². The Bertz CT molecular complexity index is 423. The zero-order valence-corrected chi connectivity index (χ0v) is 8.96. The van der Waals surface area contributed by atoms with Crippen LogP contribution in [-0.4, -0.2) is 10.1 Å². The van der Waals surface area contributed by atoms with Crippen LogP contribution in [0.25, 0.3) is 0 Å². The predicted molar refractivity (Wildman–Crippen MR) is 57.7 cm³/mol. The molecule has 1 heterocycles. The van der Waals surface area contributed by atoms with Crippen LogP contribution in [0.15, 0.2) is 35.2 Å². The zero-order chi connectivity index (χ0) is 11.4. The van der Waals surface area contributed by atoms with E-state index in [1.165, 1.54) is 6.39 Å². The van der Waals surface area contributed by atoms with Crippen molar-refractivity contribution in [3.63, 3.8) is 0 Å². The third-order valence-corrected chi connectivity index (χ3v) is 2.18. The molecule has 2 N–H and O–H groups in total. The predicted octanol–water partition coefficient (Wildman–Crippen LogP) is 1.67. The zero-order valence-electron chi connectivity index (χ0n) is 8.96. The molecule has 0 aliphatic heterocycles. The van der Waals surface area contributed by atoms with E-state index >= 15 is 0 Å². The molecule has 0 bridgehead atoms. The SMILES string of the molecule is CC(N)c1ccc(OCc2ncon2)cc1. The van der Waals surface area contributed by atoms with E-state index in [0.29, 0.717) is 12.4 Å². The highest BCUT2D eigenvalue weighted by Gasteiger charge is 2.02. The Hall–Kier alpha value is -1.88. The average Bonchev–Trinajstić information content (AvgIpc) is 2.80. The van der Waals surface area contributed by atoms with Gasteiger partial charge in [0.2, 0.25) is 12.2 Å². The van der Waals surface area contributed by atoms with Crippen molar-refractivity contribution < 1.29 is 9.26 Å². The quantitative estimate of drug-likeness (QED) is 0.846. The van der Waals surface area contributed by atoms with Gasteiger partial charge in [-0.1, -0.05) is 17.3 Å². The highest BCUT2D eigenvalue weighted by molar-refractivity contribution is 5.28. The van der Waals surface area contributed by atoms with E-state index in [2.05, 4.69) is 14.7 Å². The molecule has 0 aliphatic rings. The Morgan fingerprint density at radius 1 is 1.38 bits per heavy atom. The van der Waals surface area contributed by atoms with Crippen LogP contribution in [0.5, 0.6) is 5.75 Å². The molecule has 16 heavy (non-hydrogen) atoms. The number of hydrogen-bond donors (Lipinski definition) is 1. The van der Waals surface area contributed by atoms with Crippen molar-refractivity contribution in [2.45, 2.75) is 19.6 Å². The lowest BCUT2D eigenvalue weighted by Gasteiger charge is -2.07. The third-order valence-electron chi connectivity index (χ3n) is 2.18. The summed E-state index contributed by atoms with van der Waals surface area (Å²) in [7, 11) is 0. The van der Waals surface area contributed by atoms with Gasteiger partial charge in [-0.05, 0) is 24.6 Å². The van der Waals surface area contributed by atoms with Gasteiger partial charge in [0, 0.05) is 6.04 Å². The van der Waals surface area contributed by atoms with Gasteiger partial charge in [-0.2, -0.15) is 4.98 Å². The Balaban J connectivity index is 1.95. The van der Waals surface area contributed by atoms with Crippen molar-refractivity contribution in [2.24, 2.45) is 5.73 Å². The minimum Gasteiger partial charge on any atom is -0.485 e. The number of hydrogen-bond acceptors (Lipinski definition) is 5. The summed E-state index contributed by atoms with van der Waals surface area (Å²) in [6.07, 6.45) is 1.28. The molecule has 84 valence electrons. The Morgan fingerprint density at radius 2 is 2.12 bits per heavy atom. The molecule has 1 aromatic heterocycles. The molecule has 0 saturated heterocycles. The van der Waals surface area contributed by atoms with Crippen molar-refractivity contribution in [3.05, 3.63) is 42.0 Å². The molecular formula is C11H13N3O2. The second-order valence-corrected chi connectivity index (χ2v) is 3.49. The lowest BCUT2D eigenvalue weighted by Crippen LogP contribution is -2.04. The lowest BCUT2D eigenvalue weighted by molar-refractivity contribution is 0.286. The average molecular weight is 219 g/mol. The fraction of sp³-hybridized carbons (Fsp3) is 0.273.